The highest BCUT2D eigenvalue weighted by Gasteiger charge is 2.14. The third kappa shape index (κ3) is 19.3. The molecule has 4 heteroatoms. The van der Waals surface area contributed by atoms with E-state index in [-0.39, 0.29) is 11.3 Å². The van der Waals surface area contributed by atoms with Crippen molar-refractivity contribution in [3.05, 3.63) is 78.4 Å². The van der Waals surface area contributed by atoms with Crippen LogP contribution in [0.1, 0.15) is 54.0 Å². The summed E-state index contributed by atoms with van der Waals surface area (Å²) >= 11 is 0. The number of anilines is 1. The van der Waals surface area contributed by atoms with Gasteiger partial charge < -0.3 is 9.64 Å². The van der Waals surface area contributed by atoms with E-state index in [2.05, 4.69) is 55.9 Å². The summed E-state index contributed by atoms with van der Waals surface area (Å²) in [7, 11) is 5.04. The van der Waals surface area contributed by atoms with Crippen LogP contribution in [0.4, 0.5) is 5.69 Å². The Labute approximate surface area is 198 Å². The zero-order chi connectivity index (χ0) is 25.6. The molecule has 4 nitrogen and oxygen atoms in total. The standard InChI is InChI=1S/C15H21NO.C8H13N.C3H6.C2H6O/c1-6-7-14(17)16(5)13-10-8-12(9-11-13)15(2,3)4;1-4-5-6-8(2)7-9-3;2*1-3-2/h6-11H,1-5H3;4-6H,3,7H2,1-2H3;3H,1H2,2H3;1-2H3/b7-6+;5-4-,8-6+;;. The molecule has 0 radical (unpaired) electrons. The number of benzene rings is 1. The van der Waals surface area contributed by atoms with Gasteiger partial charge in [0.25, 0.3) is 0 Å². The van der Waals surface area contributed by atoms with Gasteiger partial charge in [-0.3, -0.25) is 9.79 Å². The molecule has 0 atom stereocenters. The zero-order valence-corrected chi connectivity index (χ0v) is 22.1. The van der Waals surface area contributed by atoms with Crippen molar-refractivity contribution >= 4 is 18.3 Å². The lowest BCUT2D eigenvalue weighted by Gasteiger charge is -2.21. The summed E-state index contributed by atoms with van der Waals surface area (Å²) in [6.07, 6.45) is 11.1. The van der Waals surface area contributed by atoms with Gasteiger partial charge in [0.05, 0.1) is 6.54 Å². The van der Waals surface area contributed by atoms with Crippen LogP contribution in [-0.2, 0) is 14.9 Å². The average Bonchev–Trinajstić information content (AvgIpc) is 2.73. The van der Waals surface area contributed by atoms with E-state index in [0.717, 1.165) is 12.2 Å². The van der Waals surface area contributed by atoms with Crippen molar-refractivity contribution in [2.75, 3.05) is 32.7 Å². The average molecular weight is 443 g/mol. The summed E-state index contributed by atoms with van der Waals surface area (Å²) in [4.78, 5) is 17.0. The number of allylic oxidation sites excluding steroid dienone is 5. The molecule has 0 N–H and O–H groups in total. The first-order valence-electron chi connectivity index (χ1n) is 10.7. The molecule has 0 heterocycles. The lowest BCUT2D eigenvalue weighted by atomic mass is 9.87. The highest BCUT2D eigenvalue weighted by Crippen LogP contribution is 2.24. The summed E-state index contributed by atoms with van der Waals surface area (Å²) in [5, 5.41) is 0. The first-order chi connectivity index (χ1) is 15.0. The van der Waals surface area contributed by atoms with E-state index in [4.69, 9.17) is 0 Å². The van der Waals surface area contributed by atoms with E-state index in [1.54, 1.807) is 44.4 Å². The van der Waals surface area contributed by atoms with Gasteiger partial charge >= 0.3 is 0 Å². The number of rotatable bonds is 5. The van der Waals surface area contributed by atoms with Crippen molar-refractivity contribution in [3.63, 3.8) is 0 Å². The molecule has 0 saturated heterocycles. The maximum absolute atomic E-state index is 11.7. The number of ether oxygens (including phenoxy) is 1. The van der Waals surface area contributed by atoms with Gasteiger partial charge in [0.1, 0.15) is 0 Å². The summed E-state index contributed by atoms with van der Waals surface area (Å²) in [6, 6.07) is 8.13. The summed E-state index contributed by atoms with van der Waals surface area (Å²) in [6.45, 7) is 21.8. The molecule has 0 aromatic heterocycles. The van der Waals surface area contributed by atoms with Crippen LogP contribution >= 0.6 is 0 Å². The number of hydrogen-bond acceptors (Lipinski definition) is 3. The lowest BCUT2D eigenvalue weighted by molar-refractivity contribution is -0.113. The molecule has 0 bridgehead atoms. The fourth-order valence-corrected chi connectivity index (χ4v) is 2.06. The first-order valence-corrected chi connectivity index (χ1v) is 10.7. The maximum atomic E-state index is 11.7. The first kappa shape index (κ1) is 33.9. The Morgan fingerprint density at radius 3 is 1.91 bits per heavy atom. The number of carbonyl (C=O) groups is 1. The number of nitrogens with zero attached hydrogens (tertiary/aromatic N) is 2. The minimum absolute atomic E-state index is 0.00370. The highest BCUT2D eigenvalue weighted by molar-refractivity contribution is 6.00. The second-order valence-electron chi connectivity index (χ2n) is 7.93. The van der Waals surface area contributed by atoms with Crippen LogP contribution in [0.3, 0.4) is 0 Å². The molecule has 0 aliphatic carbocycles. The van der Waals surface area contributed by atoms with Crippen molar-refractivity contribution in [1.29, 1.82) is 0 Å². The molecular weight excluding hydrogens is 396 g/mol. The smallest absolute Gasteiger partial charge is 0.250 e. The van der Waals surface area contributed by atoms with Gasteiger partial charge in [-0.2, -0.15) is 0 Å². The number of amides is 1. The van der Waals surface area contributed by atoms with Crippen LogP contribution in [0.2, 0.25) is 0 Å². The molecule has 0 aliphatic heterocycles. The number of carbonyl (C=O) groups excluding carboxylic acids is 1. The molecule has 1 aromatic rings. The van der Waals surface area contributed by atoms with Gasteiger partial charge in [0, 0.05) is 27.0 Å². The summed E-state index contributed by atoms with van der Waals surface area (Å²) in [5.74, 6) is -0.00370. The predicted molar refractivity (Wildman–Crippen MR) is 145 cm³/mol. The Balaban J connectivity index is -0.000000470. The van der Waals surface area contributed by atoms with E-state index < -0.39 is 0 Å². The number of aliphatic imine (C=N–C) groups is 1. The molecule has 0 fully saturated rings. The van der Waals surface area contributed by atoms with Crippen molar-refractivity contribution in [3.8, 4) is 0 Å². The van der Waals surface area contributed by atoms with Crippen molar-refractivity contribution in [1.82, 2.24) is 0 Å². The molecule has 0 aliphatic rings. The minimum Gasteiger partial charge on any atom is -0.388 e. The second-order valence-corrected chi connectivity index (χ2v) is 7.93. The van der Waals surface area contributed by atoms with Crippen LogP contribution in [0.15, 0.2) is 77.9 Å². The highest BCUT2D eigenvalue weighted by atomic mass is 16.4. The summed E-state index contributed by atoms with van der Waals surface area (Å²) in [5.41, 5.74) is 3.57. The molecule has 1 aromatic carbocycles. The van der Waals surface area contributed by atoms with Gasteiger partial charge in [0.15, 0.2) is 0 Å². The normalized spacial score (nSPS) is 10.8. The second kappa shape index (κ2) is 21.5. The van der Waals surface area contributed by atoms with Gasteiger partial charge in [-0.05, 0) is 63.6 Å². The van der Waals surface area contributed by atoms with Crippen LogP contribution in [0, 0.1) is 0 Å². The van der Waals surface area contributed by atoms with Crippen LogP contribution in [0.5, 0.6) is 0 Å². The van der Waals surface area contributed by atoms with E-state index in [1.807, 2.05) is 58.1 Å². The third-order valence-electron chi connectivity index (χ3n) is 3.69. The van der Waals surface area contributed by atoms with Gasteiger partial charge in [-0.15, -0.1) is 6.58 Å². The molecule has 180 valence electrons. The number of methoxy groups -OCH3 is 1. The fourth-order valence-electron chi connectivity index (χ4n) is 2.06. The number of likely N-dealkylation sites (N-methyl/N-ethyl adjacent to an activating group) is 1. The van der Waals surface area contributed by atoms with Crippen LogP contribution in [-0.4, -0.2) is 40.4 Å². The minimum atomic E-state index is -0.00370. The topological polar surface area (TPSA) is 41.9 Å². The molecule has 0 saturated carbocycles. The van der Waals surface area contributed by atoms with E-state index in [0.29, 0.717) is 0 Å². The molecule has 0 spiro atoms. The van der Waals surface area contributed by atoms with E-state index >= 15 is 0 Å². The van der Waals surface area contributed by atoms with Crippen molar-refractivity contribution in [2.45, 2.75) is 53.9 Å². The molecule has 1 amide bonds. The Kier molecular flexibility index (Phi) is 22.8. The fraction of sp³-hybridized carbons (Fsp3) is 0.429. The Morgan fingerprint density at radius 2 is 1.56 bits per heavy atom. The van der Waals surface area contributed by atoms with E-state index in [1.165, 1.54) is 11.1 Å². The zero-order valence-electron chi connectivity index (χ0n) is 22.1. The van der Waals surface area contributed by atoms with Gasteiger partial charge in [-0.1, -0.05) is 68.9 Å². The molecular formula is C28H46N2O2. The SMILES string of the molecule is C/C=C/C(=O)N(C)c1ccc(C(C)(C)C)cc1.C=CC.C=NC/C(C)=C/C=C\C.COC. The van der Waals surface area contributed by atoms with E-state index in [9.17, 15) is 4.79 Å². The van der Waals surface area contributed by atoms with Crippen molar-refractivity contribution < 1.29 is 9.53 Å². The Hall–Kier alpha value is -2.72. The molecule has 0 unspecified atom stereocenters. The third-order valence-corrected chi connectivity index (χ3v) is 3.69. The quantitative estimate of drug-likeness (QED) is 0.210. The van der Waals surface area contributed by atoms with Crippen LogP contribution < -0.4 is 4.90 Å². The van der Waals surface area contributed by atoms with Gasteiger partial charge in [0.2, 0.25) is 5.91 Å². The largest absolute Gasteiger partial charge is 0.388 e. The lowest BCUT2D eigenvalue weighted by Crippen LogP contribution is -2.24. The van der Waals surface area contributed by atoms with Crippen molar-refractivity contribution in [2.24, 2.45) is 4.99 Å². The summed E-state index contributed by atoms with van der Waals surface area (Å²) < 4.78 is 4.25. The predicted octanol–water partition coefficient (Wildman–Crippen LogP) is 7.19. The maximum Gasteiger partial charge on any atom is 0.250 e. The van der Waals surface area contributed by atoms with Crippen LogP contribution in [0.25, 0.3) is 0 Å². The van der Waals surface area contributed by atoms with Gasteiger partial charge in [-0.25, -0.2) is 0 Å². The monoisotopic (exact) mass is 442 g/mol. The Bertz CT molecular complexity index is 706. The molecule has 32 heavy (non-hydrogen) atoms. The number of hydrogen-bond donors (Lipinski definition) is 0. The molecule has 1 rings (SSSR count). The Morgan fingerprint density at radius 1 is 1.09 bits per heavy atom.